The van der Waals surface area contributed by atoms with Crippen molar-refractivity contribution in [3.8, 4) is 23.0 Å². The number of aromatic nitrogens is 2. The smallest absolute Gasteiger partial charge is 0.277 e. The molecule has 0 aliphatic carbocycles. The Hall–Kier alpha value is -3.49. The fourth-order valence-electron chi connectivity index (χ4n) is 3.22. The zero-order valence-electron chi connectivity index (χ0n) is 18.7. The summed E-state index contributed by atoms with van der Waals surface area (Å²) in [6.45, 7) is 1.90. The van der Waals surface area contributed by atoms with Crippen molar-refractivity contribution in [2.75, 3.05) is 19.5 Å². The highest BCUT2D eigenvalue weighted by molar-refractivity contribution is 8.00. The molecule has 0 bridgehead atoms. The van der Waals surface area contributed by atoms with Crippen LogP contribution >= 0.6 is 23.4 Å². The first-order valence-corrected chi connectivity index (χ1v) is 11.6. The van der Waals surface area contributed by atoms with Crippen LogP contribution < -0.4 is 14.8 Å². The van der Waals surface area contributed by atoms with Crippen LogP contribution in [-0.4, -0.2) is 30.3 Å². The van der Waals surface area contributed by atoms with Crippen molar-refractivity contribution >= 4 is 35.0 Å². The maximum Gasteiger partial charge on any atom is 0.277 e. The summed E-state index contributed by atoms with van der Waals surface area (Å²) >= 11 is 7.39. The molecule has 0 fully saturated rings. The number of carbonyl (C=O) groups is 1. The Balaban J connectivity index is 1.58. The van der Waals surface area contributed by atoms with E-state index in [1.807, 2.05) is 49.4 Å². The third-order valence-corrected chi connectivity index (χ3v) is 6.53. The molecule has 4 rings (SSSR count). The Morgan fingerprint density at radius 1 is 1.00 bits per heavy atom. The van der Waals surface area contributed by atoms with E-state index in [4.69, 9.17) is 25.5 Å². The molecule has 0 saturated heterocycles. The molecule has 4 aromatic rings. The van der Waals surface area contributed by atoms with Crippen LogP contribution in [0.15, 0.2) is 76.4 Å². The summed E-state index contributed by atoms with van der Waals surface area (Å²) in [5, 5.41) is 11.4. The molecule has 9 heteroatoms. The SMILES string of the molecule is COc1ccc(-c2nnc(S[C@H](C(=O)Nc3ccc(C)c(Cl)c3)c3ccccc3)o2)cc1OC. The van der Waals surface area contributed by atoms with Gasteiger partial charge in [0.15, 0.2) is 11.5 Å². The summed E-state index contributed by atoms with van der Waals surface area (Å²) in [7, 11) is 3.12. The van der Waals surface area contributed by atoms with Gasteiger partial charge in [-0.2, -0.15) is 0 Å². The number of aryl methyl sites for hydroxylation is 1. The summed E-state index contributed by atoms with van der Waals surface area (Å²) < 4.78 is 16.5. The number of hydrogen-bond donors (Lipinski definition) is 1. The molecule has 0 unspecified atom stereocenters. The van der Waals surface area contributed by atoms with Gasteiger partial charge in [-0.1, -0.05) is 48.0 Å². The predicted molar refractivity (Wildman–Crippen MR) is 133 cm³/mol. The van der Waals surface area contributed by atoms with Crippen molar-refractivity contribution in [3.63, 3.8) is 0 Å². The number of ether oxygens (including phenoxy) is 2. The van der Waals surface area contributed by atoms with E-state index < -0.39 is 5.25 Å². The molecule has 1 atom stereocenters. The summed E-state index contributed by atoms with van der Waals surface area (Å²) in [5.74, 6) is 1.21. The minimum Gasteiger partial charge on any atom is -0.493 e. The Labute approximate surface area is 206 Å². The van der Waals surface area contributed by atoms with Crippen LogP contribution in [0.5, 0.6) is 11.5 Å². The van der Waals surface area contributed by atoms with Crippen LogP contribution in [0.25, 0.3) is 11.5 Å². The normalized spacial score (nSPS) is 11.6. The fourth-order valence-corrected chi connectivity index (χ4v) is 4.28. The molecule has 0 saturated carbocycles. The molecule has 7 nitrogen and oxygen atoms in total. The van der Waals surface area contributed by atoms with Gasteiger partial charge in [-0.15, -0.1) is 10.2 Å². The third kappa shape index (κ3) is 5.35. The number of thioether (sulfide) groups is 1. The lowest BCUT2D eigenvalue weighted by atomic mass is 10.1. The van der Waals surface area contributed by atoms with Gasteiger partial charge in [0.25, 0.3) is 5.22 Å². The van der Waals surface area contributed by atoms with Gasteiger partial charge in [-0.3, -0.25) is 4.79 Å². The molecule has 34 heavy (non-hydrogen) atoms. The first-order chi connectivity index (χ1) is 16.5. The summed E-state index contributed by atoms with van der Waals surface area (Å²) in [4.78, 5) is 13.2. The number of benzene rings is 3. The molecule has 0 spiro atoms. The Morgan fingerprint density at radius 2 is 1.76 bits per heavy atom. The number of amides is 1. The van der Waals surface area contributed by atoms with Crippen molar-refractivity contribution in [1.82, 2.24) is 10.2 Å². The van der Waals surface area contributed by atoms with Gasteiger partial charge < -0.3 is 19.2 Å². The Kier molecular flexibility index (Phi) is 7.40. The zero-order valence-corrected chi connectivity index (χ0v) is 20.3. The maximum atomic E-state index is 13.2. The number of methoxy groups -OCH3 is 2. The lowest BCUT2D eigenvalue weighted by Gasteiger charge is -2.15. The molecular formula is C25H22ClN3O4S. The number of carbonyl (C=O) groups excluding carboxylic acids is 1. The van der Waals surface area contributed by atoms with E-state index in [0.29, 0.717) is 33.7 Å². The van der Waals surface area contributed by atoms with Crippen molar-refractivity contribution in [2.24, 2.45) is 0 Å². The molecule has 0 aliphatic heterocycles. The molecule has 1 heterocycles. The highest BCUT2D eigenvalue weighted by Gasteiger charge is 2.25. The molecule has 3 aromatic carbocycles. The van der Waals surface area contributed by atoms with Crippen LogP contribution in [0.4, 0.5) is 5.69 Å². The van der Waals surface area contributed by atoms with Crippen molar-refractivity contribution < 1.29 is 18.7 Å². The van der Waals surface area contributed by atoms with Crippen LogP contribution in [0, 0.1) is 6.92 Å². The molecule has 0 aliphatic rings. The van der Waals surface area contributed by atoms with E-state index in [9.17, 15) is 4.79 Å². The van der Waals surface area contributed by atoms with E-state index >= 15 is 0 Å². The van der Waals surface area contributed by atoms with Crippen LogP contribution in [0.2, 0.25) is 5.02 Å². The van der Waals surface area contributed by atoms with Crippen molar-refractivity contribution in [1.29, 1.82) is 0 Å². The number of nitrogens with one attached hydrogen (secondary N) is 1. The number of nitrogens with zero attached hydrogens (tertiary/aromatic N) is 2. The molecule has 1 N–H and O–H groups in total. The van der Waals surface area contributed by atoms with E-state index in [1.165, 1.54) is 11.8 Å². The number of anilines is 1. The van der Waals surface area contributed by atoms with E-state index in [-0.39, 0.29) is 11.1 Å². The monoisotopic (exact) mass is 495 g/mol. The second kappa shape index (κ2) is 10.6. The van der Waals surface area contributed by atoms with Crippen molar-refractivity contribution in [3.05, 3.63) is 82.9 Å². The lowest BCUT2D eigenvalue weighted by molar-refractivity contribution is -0.115. The molecular weight excluding hydrogens is 474 g/mol. The second-order valence-electron chi connectivity index (χ2n) is 7.30. The second-order valence-corrected chi connectivity index (χ2v) is 8.77. The largest absolute Gasteiger partial charge is 0.493 e. The van der Waals surface area contributed by atoms with Crippen LogP contribution in [0.1, 0.15) is 16.4 Å². The van der Waals surface area contributed by atoms with Gasteiger partial charge in [0, 0.05) is 16.3 Å². The Bertz CT molecular complexity index is 1300. The number of halogens is 1. The highest BCUT2D eigenvalue weighted by Crippen LogP contribution is 2.38. The summed E-state index contributed by atoms with van der Waals surface area (Å²) in [5.41, 5.74) is 3.02. The third-order valence-electron chi connectivity index (χ3n) is 5.04. The summed E-state index contributed by atoms with van der Waals surface area (Å²) in [6, 6.07) is 20.1. The lowest BCUT2D eigenvalue weighted by Crippen LogP contribution is -2.19. The van der Waals surface area contributed by atoms with E-state index in [2.05, 4.69) is 15.5 Å². The molecule has 174 valence electrons. The van der Waals surface area contributed by atoms with Gasteiger partial charge in [0.2, 0.25) is 11.8 Å². The molecule has 0 radical (unpaired) electrons. The minimum atomic E-state index is -0.625. The number of rotatable bonds is 8. The van der Waals surface area contributed by atoms with E-state index in [0.717, 1.165) is 11.1 Å². The maximum absolute atomic E-state index is 13.2. The zero-order chi connectivity index (χ0) is 24.1. The van der Waals surface area contributed by atoms with Gasteiger partial charge in [0.1, 0.15) is 5.25 Å². The standard InChI is InChI=1S/C25H22ClN3O4S/c1-15-9-11-18(14-19(15)26)27-23(30)22(16-7-5-4-6-8-16)34-25-29-28-24(33-25)17-10-12-20(31-2)21(13-17)32-3/h4-14,22H,1-3H3,(H,27,30)/t22-/m0/s1. The van der Waals surface area contributed by atoms with Gasteiger partial charge in [0.05, 0.1) is 14.2 Å². The van der Waals surface area contributed by atoms with E-state index in [1.54, 1.807) is 38.5 Å². The predicted octanol–water partition coefficient (Wildman–Crippen LogP) is 6.19. The van der Waals surface area contributed by atoms with Gasteiger partial charge in [-0.25, -0.2) is 0 Å². The van der Waals surface area contributed by atoms with Crippen LogP contribution in [-0.2, 0) is 4.79 Å². The topological polar surface area (TPSA) is 86.5 Å². The average Bonchev–Trinajstić information content (AvgIpc) is 3.33. The van der Waals surface area contributed by atoms with Gasteiger partial charge >= 0.3 is 0 Å². The first-order valence-electron chi connectivity index (χ1n) is 10.3. The highest BCUT2D eigenvalue weighted by atomic mass is 35.5. The fraction of sp³-hybridized carbons (Fsp3) is 0.160. The van der Waals surface area contributed by atoms with Crippen LogP contribution in [0.3, 0.4) is 0 Å². The quantitative estimate of drug-likeness (QED) is 0.292. The minimum absolute atomic E-state index is 0.234. The van der Waals surface area contributed by atoms with Crippen molar-refractivity contribution in [2.45, 2.75) is 17.4 Å². The number of hydrogen-bond acceptors (Lipinski definition) is 7. The summed E-state index contributed by atoms with van der Waals surface area (Å²) in [6.07, 6.45) is 0. The molecule has 1 aromatic heterocycles. The first kappa shape index (κ1) is 23.7. The van der Waals surface area contributed by atoms with Gasteiger partial charge in [-0.05, 0) is 60.1 Å². The average molecular weight is 496 g/mol. The molecule has 1 amide bonds. The Morgan fingerprint density at radius 3 is 2.47 bits per heavy atom.